The number of benzene rings is 1. The highest BCUT2D eigenvalue weighted by atomic mass is 33.1. The van der Waals surface area contributed by atoms with Crippen LogP contribution in [0.3, 0.4) is 0 Å². The normalized spacial score (nSPS) is 17.9. The van der Waals surface area contributed by atoms with Gasteiger partial charge < -0.3 is 0 Å². The maximum absolute atomic E-state index is 2.32. The van der Waals surface area contributed by atoms with E-state index in [0.29, 0.717) is 0 Å². The van der Waals surface area contributed by atoms with Crippen molar-refractivity contribution in [3.05, 3.63) is 28.8 Å². The Bertz CT molecular complexity index is 380. The monoisotopic (exact) mass is 238 g/mol. The summed E-state index contributed by atoms with van der Waals surface area (Å²) in [5.74, 6) is 0. The third-order valence-electron chi connectivity index (χ3n) is 2.98. The van der Waals surface area contributed by atoms with E-state index in [1.165, 1.54) is 24.0 Å². The molecule has 1 aromatic rings. The van der Waals surface area contributed by atoms with E-state index in [4.69, 9.17) is 0 Å². The molecule has 1 aromatic carbocycles. The minimum absolute atomic E-state index is 0.288. The van der Waals surface area contributed by atoms with Crippen LogP contribution in [0.15, 0.2) is 17.0 Å². The molecule has 1 heterocycles. The third kappa shape index (κ3) is 1.94. The second kappa shape index (κ2) is 4.06. The Morgan fingerprint density at radius 1 is 1.27 bits per heavy atom. The van der Waals surface area contributed by atoms with E-state index in [9.17, 15) is 0 Å². The van der Waals surface area contributed by atoms with Gasteiger partial charge in [0.25, 0.3) is 0 Å². The second-order valence-corrected chi connectivity index (χ2v) is 7.43. The van der Waals surface area contributed by atoms with Crippen LogP contribution < -0.4 is 0 Å². The molecule has 0 unspecified atom stereocenters. The first-order chi connectivity index (χ1) is 7.06. The minimum Gasteiger partial charge on any atom is -0.0778 e. The zero-order chi connectivity index (χ0) is 11.1. The van der Waals surface area contributed by atoms with Gasteiger partial charge in [0.05, 0.1) is 0 Å². The lowest BCUT2D eigenvalue weighted by atomic mass is 9.95. The highest BCUT2D eigenvalue weighted by Crippen LogP contribution is 2.58. The summed E-state index contributed by atoms with van der Waals surface area (Å²) < 4.78 is 0.288. The minimum atomic E-state index is 0.288. The van der Waals surface area contributed by atoms with Crippen LogP contribution in [0.1, 0.15) is 43.9 Å². The zero-order valence-electron chi connectivity index (χ0n) is 9.89. The number of hydrogen-bond acceptors (Lipinski definition) is 2. The molecule has 0 radical (unpaired) electrons. The first-order valence-corrected chi connectivity index (χ1v) is 7.70. The Morgan fingerprint density at radius 2 is 2.00 bits per heavy atom. The van der Waals surface area contributed by atoms with Crippen molar-refractivity contribution in [3.8, 4) is 0 Å². The molecule has 0 saturated carbocycles. The average molecular weight is 238 g/mol. The number of rotatable bonds is 2. The van der Waals surface area contributed by atoms with Crippen molar-refractivity contribution in [2.75, 3.05) is 0 Å². The third-order valence-corrected chi connectivity index (χ3v) is 6.33. The molecule has 0 aliphatic carbocycles. The molecular formula is C13H18S2. The SMILES string of the molecule is CCCc1c(C)ccc2c1SSC2(C)C. The average Bonchev–Trinajstić information content (AvgIpc) is 2.47. The van der Waals surface area contributed by atoms with Gasteiger partial charge in [-0.3, -0.25) is 0 Å². The molecule has 15 heavy (non-hydrogen) atoms. The maximum atomic E-state index is 2.32. The maximum Gasteiger partial charge on any atom is 0.0470 e. The first kappa shape index (κ1) is 11.4. The fourth-order valence-electron chi connectivity index (χ4n) is 2.05. The fourth-order valence-corrected chi connectivity index (χ4v) is 5.16. The van der Waals surface area contributed by atoms with Crippen molar-refractivity contribution in [2.45, 2.75) is 50.2 Å². The van der Waals surface area contributed by atoms with E-state index in [1.807, 2.05) is 21.6 Å². The van der Waals surface area contributed by atoms with Crippen LogP contribution in [0.4, 0.5) is 0 Å². The lowest BCUT2D eigenvalue weighted by molar-refractivity contribution is 0.762. The summed E-state index contributed by atoms with van der Waals surface area (Å²) in [6.45, 7) is 9.14. The van der Waals surface area contributed by atoms with Crippen molar-refractivity contribution in [1.29, 1.82) is 0 Å². The summed E-state index contributed by atoms with van der Waals surface area (Å²) in [5.41, 5.74) is 4.58. The number of fused-ring (bicyclic) bond motifs is 1. The van der Waals surface area contributed by atoms with Crippen LogP contribution in [0.2, 0.25) is 0 Å². The van der Waals surface area contributed by atoms with E-state index < -0.39 is 0 Å². The molecule has 0 amide bonds. The van der Waals surface area contributed by atoms with Crippen LogP contribution in [0, 0.1) is 6.92 Å². The topological polar surface area (TPSA) is 0 Å². The van der Waals surface area contributed by atoms with Crippen molar-refractivity contribution in [2.24, 2.45) is 0 Å². The van der Waals surface area contributed by atoms with Crippen molar-refractivity contribution >= 4 is 21.6 Å². The summed E-state index contributed by atoms with van der Waals surface area (Å²) in [6, 6.07) is 4.61. The zero-order valence-corrected chi connectivity index (χ0v) is 11.5. The molecule has 1 aliphatic heterocycles. The van der Waals surface area contributed by atoms with E-state index >= 15 is 0 Å². The molecule has 0 spiro atoms. The Kier molecular flexibility index (Phi) is 3.09. The van der Waals surface area contributed by atoms with Gasteiger partial charge in [-0.1, -0.05) is 47.1 Å². The number of aryl methyl sites for hydroxylation is 1. The van der Waals surface area contributed by atoms with Gasteiger partial charge >= 0.3 is 0 Å². The van der Waals surface area contributed by atoms with E-state index in [-0.39, 0.29) is 4.75 Å². The molecule has 0 saturated heterocycles. The van der Waals surface area contributed by atoms with Gasteiger partial charge in [0.1, 0.15) is 0 Å². The molecule has 0 N–H and O–H groups in total. The van der Waals surface area contributed by atoms with Gasteiger partial charge in [-0.2, -0.15) is 0 Å². The van der Waals surface area contributed by atoms with Gasteiger partial charge in [0, 0.05) is 9.64 Å². The molecule has 82 valence electrons. The van der Waals surface area contributed by atoms with E-state index in [0.717, 1.165) is 0 Å². The van der Waals surface area contributed by atoms with Gasteiger partial charge in [-0.05, 0) is 43.9 Å². The quantitative estimate of drug-likeness (QED) is 0.670. The molecule has 0 bridgehead atoms. The number of hydrogen-bond donors (Lipinski definition) is 0. The standard InChI is InChI=1S/C13H18S2/c1-5-6-10-9(2)7-8-11-12(10)14-15-13(11,3)4/h7-8H,5-6H2,1-4H3. The predicted molar refractivity (Wildman–Crippen MR) is 71.6 cm³/mol. The van der Waals surface area contributed by atoms with Gasteiger partial charge in [0.2, 0.25) is 0 Å². The summed E-state index contributed by atoms with van der Waals surface area (Å²) in [6.07, 6.45) is 2.46. The Morgan fingerprint density at radius 3 is 2.67 bits per heavy atom. The Labute approximate surface area is 101 Å². The van der Waals surface area contributed by atoms with Crippen LogP contribution in [0.25, 0.3) is 0 Å². The highest BCUT2D eigenvalue weighted by molar-refractivity contribution is 8.77. The Hall–Kier alpha value is -0.0800. The Balaban J connectivity index is 2.53. The predicted octanol–water partition coefficient (Wildman–Crippen LogP) is 4.94. The smallest absolute Gasteiger partial charge is 0.0470 e. The van der Waals surface area contributed by atoms with Crippen molar-refractivity contribution in [3.63, 3.8) is 0 Å². The second-order valence-electron chi connectivity index (χ2n) is 4.66. The summed E-state index contributed by atoms with van der Waals surface area (Å²) in [5, 5.41) is 0. The van der Waals surface area contributed by atoms with Crippen LogP contribution >= 0.6 is 21.6 Å². The first-order valence-electron chi connectivity index (χ1n) is 5.55. The van der Waals surface area contributed by atoms with Gasteiger partial charge in [-0.25, -0.2) is 0 Å². The van der Waals surface area contributed by atoms with Crippen molar-refractivity contribution in [1.82, 2.24) is 0 Å². The van der Waals surface area contributed by atoms with Gasteiger partial charge in [-0.15, -0.1) is 0 Å². The lowest BCUT2D eigenvalue weighted by Crippen LogP contribution is -2.08. The largest absolute Gasteiger partial charge is 0.0778 e. The molecule has 0 atom stereocenters. The highest BCUT2D eigenvalue weighted by Gasteiger charge is 2.33. The van der Waals surface area contributed by atoms with Crippen LogP contribution in [0.5, 0.6) is 0 Å². The molecular weight excluding hydrogens is 220 g/mol. The molecule has 2 rings (SSSR count). The van der Waals surface area contributed by atoms with Crippen LogP contribution in [-0.4, -0.2) is 0 Å². The van der Waals surface area contributed by atoms with Crippen molar-refractivity contribution < 1.29 is 0 Å². The molecule has 0 nitrogen and oxygen atoms in total. The van der Waals surface area contributed by atoms with E-state index in [2.05, 4.69) is 39.8 Å². The molecule has 0 aromatic heterocycles. The summed E-state index contributed by atoms with van der Waals surface area (Å²) in [4.78, 5) is 1.55. The lowest BCUT2D eigenvalue weighted by Gasteiger charge is -2.17. The molecule has 0 fully saturated rings. The fraction of sp³-hybridized carbons (Fsp3) is 0.538. The summed E-state index contributed by atoms with van der Waals surface area (Å²) in [7, 11) is 3.97. The molecule has 2 heteroatoms. The summed E-state index contributed by atoms with van der Waals surface area (Å²) >= 11 is 0. The van der Waals surface area contributed by atoms with E-state index in [1.54, 1.807) is 10.5 Å². The molecule has 1 aliphatic rings. The van der Waals surface area contributed by atoms with Crippen LogP contribution in [-0.2, 0) is 11.2 Å². The van der Waals surface area contributed by atoms with Gasteiger partial charge in [0.15, 0.2) is 0 Å².